The number of fused-ring (bicyclic) bond motifs is 4. The van der Waals surface area contributed by atoms with Crippen molar-refractivity contribution in [3.63, 3.8) is 0 Å². The zero-order valence-electron chi connectivity index (χ0n) is 16.0. The van der Waals surface area contributed by atoms with Gasteiger partial charge in [0, 0.05) is 24.6 Å². The summed E-state index contributed by atoms with van der Waals surface area (Å²) in [5, 5.41) is 6.40. The maximum absolute atomic E-state index is 13.3. The molecule has 1 spiro atoms. The molecule has 4 N–H and O–H groups in total. The Morgan fingerprint density at radius 3 is 2.72 bits per heavy atom. The first-order valence-electron chi connectivity index (χ1n) is 9.84. The second-order valence-electron chi connectivity index (χ2n) is 7.87. The van der Waals surface area contributed by atoms with Crippen molar-refractivity contribution in [2.75, 3.05) is 11.9 Å². The summed E-state index contributed by atoms with van der Waals surface area (Å²) in [4.78, 5) is 52.4. The smallest absolute Gasteiger partial charge is 0.250 e. The number of benzene rings is 1. The van der Waals surface area contributed by atoms with Gasteiger partial charge in [0.15, 0.2) is 0 Å². The molecule has 8 nitrogen and oxygen atoms in total. The van der Waals surface area contributed by atoms with Crippen LogP contribution >= 0.6 is 11.6 Å². The molecule has 29 heavy (non-hydrogen) atoms. The number of nitrogens with two attached hydrogens (primary N) is 1. The second-order valence-corrected chi connectivity index (χ2v) is 8.27. The minimum atomic E-state index is -1.39. The third-order valence-electron chi connectivity index (χ3n) is 6.23. The largest absolute Gasteiger partial charge is 0.370 e. The molecule has 0 aromatic heterocycles. The van der Waals surface area contributed by atoms with Crippen LogP contribution in [0.5, 0.6) is 0 Å². The van der Waals surface area contributed by atoms with Crippen LogP contribution in [0.1, 0.15) is 38.2 Å². The summed E-state index contributed by atoms with van der Waals surface area (Å²) >= 11 is 6.27. The molecule has 1 aromatic carbocycles. The predicted molar refractivity (Wildman–Crippen MR) is 106 cm³/mol. The van der Waals surface area contributed by atoms with Gasteiger partial charge in [-0.25, -0.2) is 0 Å². The van der Waals surface area contributed by atoms with Crippen molar-refractivity contribution >= 4 is 40.9 Å². The standard InChI is InChI=1S/C20H23ClN4O4/c1-2-3-9-25-17(27)14-12(7-8-13(22)26)24-20(15(14)18(25)28)10-5-4-6-11(21)16(10)23-19(20)29/h4-6,12,14-15,24H,2-3,7-9H2,1H3,(H2,22,26)(H,23,29). The van der Waals surface area contributed by atoms with Crippen LogP contribution in [0.15, 0.2) is 18.2 Å². The molecule has 0 radical (unpaired) electrons. The van der Waals surface area contributed by atoms with Crippen molar-refractivity contribution < 1.29 is 19.2 Å². The number of nitrogens with zero attached hydrogens (tertiary/aromatic N) is 1. The number of anilines is 1. The van der Waals surface area contributed by atoms with Gasteiger partial charge in [-0.1, -0.05) is 37.1 Å². The Morgan fingerprint density at radius 2 is 2.03 bits per heavy atom. The summed E-state index contributed by atoms with van der Waals surface area (Å²) in [6.07, 6.45) is 1.84. The van der Waals surface area contributed by atoms with E-state index in [1.54, 1.807) is 18.2 Å². The molecular formula is C20H23ClN4O4. The van der Waals surface area contributed by atoms with E-state index in [0.29, 0.717) is 29.2 Å². The number of primary amides is 1. The number of imide groups is 1. The van der Waals surface area contributed by atoms with Gasteiger partial charge in [-0.15, -0.1) is 0 Å². The summed E-state index contributed by atoms with van der Waals surface area (Å²) in [5.74, 6) is -3.17. The molecule has 1 aromatic rings. The molecule has 3 heterocycles. The fourth-order valence-electron chi connectivity index (χ4n) is 4.94. The number of unbranched alkanes of at least 4 members (excludes halogenated alkanes) is 1. The topological polar surface area (TPSA) is 122 Å². The first-order chi connectivity index (χ1) is 13.8. The SMILES string of the molecule is CCCCN1C(=O)C2C(CCC(N)=O)NC3(C(=O)Nc4c(Cl)cccc43)C2C1=O. The van der Waals surface area contributed by atoms with Gasteiger partial charge in [-0.05, 0) is 18.9 Å². The van der Waals surface area contributed by atoms with Crippen LogP contribution in [0.25, 0.3) is 0 Å². The lowest BCUT2D eigenvalue weighted by Gasteiger charge is -2.29. The molecule has 4 rings (SSSR count). The van der Waals surface area contributed by atoms with Crippen molar-refractivity contribution in [1.82, 2.24) is 10.2 Å². The second kappa shape index (κ2) is 7.11. The monoisotopic (exact) mass is 418 g/mol. The summed E-state index contributed by atoms with van der Waals surface area (Å²) in [6.45, 7) is 2.30. The Hall–Kier alpha value is -2.45. The van der Waals surface area contributed by atoms with Crippen LogP contribution < -0.4 is 16.4 Å². The Bertz CT molecular complexity index is 920. The van der Waals surface area contributed by atoms with Gasteiger partial charge < -0.3 is 11.1 Å². The van der Waals surface area contributed by atoms with Crippen molar-refractivity contribution in [2.45, 2.75) is 44.2 Å². The highest BCUT2D eigenvalue weighted by Gasteiger charge is 2.70. The van der Waals surface area contributed by atoms with E-state index in [0.717, 1.165) is 6.42 Å². The number of amides is 4. The molecule has 0 aliphatic carbocycles. The van der Waals surface area contributed by atoms with Crippen LogP contribution in [-0.2, 0) is 24.7 Å². The highest BCUT2D eigenvalue weighted by Crippen LogP contribution is 2.54. The molecule has 4 amide bonds. The molecule has 4 atom stereocenters. The molecule has 9 heteroatoms. The third-order valence-corrected chi connectivity index (χ3v) is 6.54. The number of halogens is 1. The molecule has 0 saturated carbocycles. The Balaban J connectivity index is 1.81. The number of carbonyl (C=O) groups excluding carboxylic acids is 4. The Labute approximate surface area is 173 Å². The van der Waals surface area contributed by atoms with Crippen LogP contribution in [-0.4, -0.2) is 41.1 Å². The normalized spacial score (nSPS) is 30.1. The molecule has 154 valence electrons. The Morgan fingerprint density at radius 1 is 1.28 bits per heavy atom. The summed E-state index contributed by atoms with van der Waals surface area (Å²) in [5.41, 5.74) is 4.93. The lowest BCUT2D eigenvalue weighted by molar-refractivity contribution is -0.143. The van der Waals surface area contributed by atoms with Crippen LogP contribution in [0.4, 0.5) is 5.69 Å². The fourth-order valence-corrected chi connectivity index (χ4v) is 5.16. The zero-order valence-corrected chi connectivity index (χ0v) is 16.8. The van der Waals surface area contributed by atoms with Crippen molar-refractivity contribution in [3.8, 4) is 0 Å². The minimum Gasteiger partial charge on any atom is -0.370 e. The molecule has 2 saturated heterocycles. The number of rotatable bonds is 6. The van der Waals surface area contributed by atoms with Gasteiger partial charge in [0.05, 0.1) is 22.5 Å². The van der Waals surface area contributed by atoms with E-state index in [4.69, 9.17) is 17.3 Å². The van der Waals surface area contributed by atoms with E-state index in [2.05, 4.69) is 10.6 Å². The lowest BCUT2D eigenvalue weighted by atomic mass is 9.76. The van der Waals surface area contributed by atoms with Gasteiger partial charge in [-0.2, -0.15) is 0 Å². The summed E-state index contributed by atoms with van der Waals surface area (Å²) < 4.78 is 0. The average Bonchev–Trinajstić information content (AvgIpc) is 3.25. The number of likely N-dealkylation sites (tertiary alicyclic amines) is 1. The molecule has 4 unspecified atom stereocenters. The van der Waals surface area contributed by atoms with Gasteiger partial charge >= 0.3 is 0 Å². The average molecular weight is 419 g/mol. The van der Waals surface area contributed by atoms with Crippen molar-refractivity contribution in [2.24, 2.45) is 17.6 Å². The van der Waals surface area contributed by atoms with E-state index < -0.39 is 35.2 Å². The summed E-state index contributed by atoms with van der Waals surface area (Å²) in [6, 6.07) is 4.59. The molecule has 3 aliphatic heterocycles. The molecule has 3 aliphatic rings. The number of hydrogen-bond donors (Lipinski definition) is 3. The van der Waals surface area contributed by atoms with Gasteiger partial charge in [0.2, 0.25) is 23.6 Å². The van der Waals surface area contributed by atoms with Crippen LogP contribution in [0.3, 0.4) is 0 Å². The van der Waals surface area contributed by atoms with Gasteiger partial charge in [0.25, 0.3) is 0 Å². The van der Waals surface area contributed by atoms with Crippen molar-refractivity contribution in [3.05, 3.63) is 28.8 Å². The maximum Gasteiger partial charge on any atom is 0.250 e. The van der Waals surface area contributed by atoms with E-state index in [-0.39, 0.29) is 24.7 Å². The number of hydrogen-bond acceptors (Lipinski definition) is 5. The highest BCUT2D eigenvalue weighted by atomic mass is 35.5. The predicted octanol–water partition coefficient (Wildman–Crippen LogP) is 1.13. The van der Waals surface area contributed by atoms with Crippen LogP contribution in [0.2, 0.25) is 5.02 Å². The first kappa shape index (κ1) is 19.8. The molecular weight excluding hydrogens is 396 g/mol. The number of para-hydroxylation sites is 1. The maximum atomic E-state index is 13.3. The molecule has 0 bridgehead atoms. The van der Waals surface area contributed by atoms with E-state index in [1.807, 2.05) is 6.92 Å². The third kappa shape index (κ3) is 2.77. The van der Waals surface area contributed by atoms with E-state index in [1.165, 1.54) is 4.90 Å². The summed E-state index contributed by atoms with van der Waals surface area (Å²) in [7, 11) is 0. The van der Waals surface area contributed by atoms with Crippen molar-refractivity contribution in [1.29, 1.82) is 0 Å². The minimum absolute atomic E-state index is 0.0530. The lowest BCUT2D eigenvalue weighted by Crippen LogP contribution is -2.53. The first-order valence-corrected chi connectivity index (χ1v) is 10.2. The van der Waals surface area contributed by atoms with Crippen LogP contribution in [0, 0.1) is 11.8 Å². The fraction of sp³-hybridized carbons (Fsp3) is 0.500. The van der Waals surface area contributed by atoms with Gasteiger partial charge in [0.1, 0.15) is 5.54 Å². The highest BCUT2D eigenvalue weighted by molar-refractivity contribution is 6.35. The number of carbonyl (C=O) groups is 4. The van der Waals surface area contributed by atoms with E-state index >= 15 is 0 Å². The molecule has 2 fully saturated rings. The number of nitrogens with one attached hydrogen (secondary N) is 2. The zero-order chi connectivity index (χ0) is 20.9. The van der Waals surface area contributed by atoms with E-state index in [9.17, 15) is 19.2 Å². The Kier molecular flexibility index (Phi) is 4.86. The van der Waals surface area contributed by atoms with Gasteiger partial charge in [-0.3, -0.25) is 29.4 Å². The quantitative estimate of drug-likeness (QED) is 0.598.